The van der Waals surface area contributed by atoms with Crippen molar-refractivity contribution < 1.29 is 14.3 Å². The lowest BCUT2D eigenvalue weighted by molar-refractivity contribution is 0.0513. The summed E-state index contributed by atoms with van der Waals surface area (Å²) >= 11 is 0. The molecular formula is C25H26N2O3. The van der Waals surface area contributed by atoms with Crippen LogP contribution in [0.1, 0.15) is 43.5 Å². The van der Waals surface area contributed by atoms with Crippen molar-refractivity contribution in [2.24, 2.45) is 0 Å². The minimum atomic E-state index is 0.0899. The van der Waals surface area contributed by atoms with Crippen LogP contribution in [0.5, 0.6) is 11.5 Å². The van der Waals surface area contributed by atoms with Gasteiger partial charge in [-0.05, 0) is 63.4 Å². The quantitative estimate of drug-likeness (QED) is 0.600. The Bertz CT molecular complexity index is 1100. The predicted molar refractivity (Wildman–Crippen MR) is 117 cm³/mol. The summed E-state index contributed by atoms with van der Waals surface area (Å²) in [6, 6.07) is 16.1. The van der Waals surface area contributed by atoms with Crippen molar-refractivity contribution in [3.05, 3.63) is 54.1 Å². The second-order valence-corrected chi connectivity index (χ2v) is 8.27. The van der Waals surface area contributed by atoms with Crippen molar-refractivity contribution in [3.63, 3.8) is 0 Å². The third-order valence-electron chi connectivity index (χ3n) is 6.21. The monoisotopic (exact) mass is 402 g/mol. The Labute approximate surface area is 176 Å². The molecule has 5 rings (SSSR count). The number of likely N-dealkylation sites (tertiary alicyclic amines) is 1. The van der Waals surface area contributed by atoms with E-state index < -0.39 is 0 Å². The molecule has 2 unspecified atom stereocenters. The molecule has 1 saturated heterocycles. The molecule has 2 aliphatic rings. The minimum Gasteiger partial charge on any atom is -0.486 e. The van der Waals surface area contributed by atoms with Gasteiger partial charge in [0.25, 0.3) is 5.91 Å². The number of fused-ring (bicyclic) bond motifs is 2. The summed E-state index contributed by atoms with van der Waals surface area (Å²) in [5.74, 6) is 1.56. The van der Waals surface area contributed by atoms with Crippen molar-refractivity contribution >= 4 is 16.8 Å². The lowest BCUT2D eigenvalue weighted by Gasteiger charge is -2.39. The Morgan fingerprint density at radius 1 is 0.967 bits per heavy atom. The summed E-state index contributed by atoms with van der Waals surface area (Å²) in [5.41, 5.74) is 3.22. The SMILES string of the molecule is CC1CCCC(C)N1C(=O)c1cc(-c2ccc3c(c2)OCCO3)nc2ccccc12. The third-order valence-corrected chi connectivity index (χ3v) is 6.21. The van der Waals surface area contributed by atoms with E-state index in [2.05, 4.69) is 18.7 Å². The fourth-order valence-electron chi connectivity index (χ4n) is 4.66. The van der Waals surface area contributed by atoms with Gasteiger partial charge in [0.1, 0.15) is 13.2 Å². The lowest BCUT2D eigenvalue weighted by Crippen LogP contribution is -2.47. The zero-order valence-electron chi connectivity index (χ0n) is 17.4. The first kappa shape index (κ1) is 18.9. The number of carbonyl (C=O) groups is 1. The number of rotatable bonds is 2. The second-order valence-electron chi connectivity index (χ2n) is 8.27. The molecule has 0 radical (unpaired) electrons. The number of pyridine rings is 1. The molecule has 30 heavy (non-hydrogen) atoms. The van der Waals surface area contributed by atoms with E-state index in [1.54, 1.807) is 0 Å². The topological polar surface area (TPSA) is 51.7 Å². The maximum absolute atomic E-state index is 13.7. The summed E-state index contributed by atoms with van der Waals surface area (Å²) in [7, 11) is 0. The molecule has 1 fully saturated rings. The first-order valence-corrected chi connectivity index (χ1v) is 10.7. The van der Waals surface area contributed by atoms with Crippen LogP contribution in [0.15, 0.2) is 48.5 Å². The summed E-state index contributed by atoms with van der Waals surface area (Å²) in [4.78, 5) is 20.6. The van der Waals surface area contributed by atoms with Crippen LogP contribution >= 0.6 is 0 Å². The Morgan fingerprint density at radius 3 is 2.50 bits per heavy atom. The average molecular weight is 402 g/mol. The van der Waals surface area contributed by atoms with Crippen molar-refractivity contribution in [3.8, 4) is 22.8 Å². The number of carbonyl (C=O) groups excluding carboxylic acids is 1. The molecule has 2 atom stereocenters. The van der Waals surface area contributed by atoms with Crippen LogP contribution < -0.4 is 9.47 Å². The number of amides is 1. The maximum Gasteiger partial charge on any atom is 0.255 e. The fourth-order valence-corrected chi connectivity index (χ4v) is 4.66. The van der Waals surface area contributed by atoms with Gasteiger partial charge >= 0.3 is 0 Å². The number of hydrogen-bond acceptors (Lipinski definition) is 4. The smallest absolute Gasteiger partial charge is 0.255 e. The zero-order chi connectivity index (χ0) is 20.7. The Kier molecular flexibility index (Phi) is 4.81. The molecule has 3 aromatic rings. The number of benzene rings is 2. The largest absolute Gasteiger partial charge is 0.486 e. The van der Waals surface area contributed by atoms with Crippen LogP contribution in [0.3, 0.4) is 0 Å². The molecule has 0 N–H and O–H groups in total. The Balaban J connectivity index is 1.62. The molecule has 3 heterocycles. The number of ether oxygens (including phenoxy) is 2. The van der Waals surface area contributed by atoms with Gasteiger partial charge in [0, 0.05) is 23.0 Å². The second kappa shape index (κ2) is 7.63. The number of para-hydroxylation sites is 1. The molecule has 1 amide bonds. The van der Waals surface area contributed by atoms with Crippen LogP contribution in [0.4, 0.5) is 0 Å². The predicted octanol–water partition coefficient (Wildman–Crippen LogP) is 5.08. The molecule has 154 valence electrons. The van der Waals surface area contributed by atoms with Crippen molar-refractivity contribution in [1.29, 1.82) is 0 Å². The summed E-state index contributed by atoms with van der Waals surface area (Å²) in [5, 5.41) is 0.897. The molecule has 1 aromatic heterocycles. The lowest BCUT2D eigenvalue weighted by atomic mass is 9.95. The van der Waals surface area contributed by atoms with Crippen LogP contribution in [0.25, 0.3) is 22.2 Å². The van der Waals surface area contributed by atoms with Gasteiger partial charge in [0.05, 0.1) is 16.8 Å². The highest BCUT2D eigenvalue weighted by atomic mass is 16.6. The highest BCUT2D eigenvalue weighted by Crippen LogP contribution is 2.35. The van der Waals surface area contributed by atoms with Gasteiger partial charge in [-0.2, -0.15) is 0 Å². The van der Waals surface area contributed by atoms with Crippen LogP contribution in [0.2, 0.25) is 0 Å². The van der Waals surface area contributed by atoms with Gasteiger partial charge in [-0.1, -0.05) is 18.2 Å². The maximum atomic E-state index is 13.7. The molecule has 2 aliphatic heterocycles. The number of aromatic nitrogens is 1. The molecule has 0 spiro atoms. The fraction of sp³-hybridized carbons (Fsp3) is 0.360. The Hall–Kier alpha value is -3.08. The van der Waals surface area contributed by atoms with Gasteiger partial charge in [0.15, 0.2) is 11.5 Å². The van der Waals surface area contributed by atoms with Crippen LogP contribution in [-0.4, -0.2) is 41.1 Å². The molecule has 5 nitrogen and oxygen atoms in total. The van der Waals surface area contributed by atoms with E-state index in [-0.39, 0.29) is 18.0 Å². The standard InChI is InChI=1S/C25H26N2O3/c1-16-6-5-7-17(2)27(16)25(28)20-15-22(26-21-9-4-3-8-19(20)21)18-10-11-23-24(14-18)30-13-12-29-23/h3-4,8-11,14-17H,5-7,12-13H2,1-2H3. The average Bonchev–Trinajstić information content (AvgIpc) is 2.77. The molecular weight excluding hydrogens is 376 g/mol. The van der Waals surface area contributed by atoms with Crippen molar-refractivity contribution in [2.75, 3.05) is 13.2 Å². The van der Waals surface area contributed by atoms with Gasteiger partial charge in [-0.25, -0.2) is 4.98 Å². The van der Waals surface area contributed by atoms with E-state index in [0.717, 1.165) is 46.5 Å². The van der Waals surface area contributed by atoms with E-state index in [1.165, 1.54) is 6.42 Å². The van der Waals surface area contributed by atoms with Crippen LogP contribution in [-0.2, 0) is 0 Å². The van der Waals surface area contributed by atoms with Crippen LogP contribution in [0, 0.1) is 0 Å². The van der Waals surface area contributed by atoms with Crippen molar-refractivity contribution in [1.82, 2.24) is 9.88 Å². The molecule has 0 saturated carbocycles. The van der Waals surface area contributed by atoms with Gasteiger partial charge in [-0.3, -0.25) is 4.79 Å². The molecule has 2 aromatic carbocycles. The highest BCUT2D eigenvalue weighted by Gasteiger charge is 2.31. The summed E-state index contributed by atoms with van der Waals surface area (Å²) < 4.78 is 11.4. The van der Waals surface area contributed by atoms with E-state index in [4.69, 9.17) is 14.5 Å². The minimum absolute atomic E-state index is 0.0899. The zero-order valence-corrected chi connectivity index (χ0v) is 17.4. The first-order chi connectivity index (χ1) is 14.6. The van der Waals surface area contributed by atoms with E-state index in [9.17, 15) is 4.79 Å². The normalized spacial score (nSPS) is 20.9. The van der Waals surface area contributed by atoms with Gasteiger partial charge in [-0.15, -0.1) is 0 Å². The summed E-state index contributed by atoms with van der Waals surface area (Å²) in [6.45, 7) is 5.40. The number of hydrogen-bond donors (Lipinski definition) is 0. The third kappa shape index (κ3) is 3.28. The van der Waals surface area contributed by atoms with E-state index in [0.29, 0.717) is 18.8 Å². The van der Waals surface area contributed by atoms with Gasteiger partial charge < -0.3 is 14.4 Å². The number of piperidine rings is 1. The Morgan fingerprint density at radius 2 is 1.70 bits per heavy atom. The van der Waals surface area contributed by atoms with Gasteiger partial charge in [0.2, 0.25) is 0 Å². The van der Waals surface area contributed by atoms with E-state index in [1.807, 2.05) is 48.5 Å². The number of nitrogens with zero attached hydrogens (tertiary/aromatic N) is 2. The van der Waals surface area contributed by atoms with Crippen molar-refractivity contribution in [2.45, 2.75) is 45.2 Å². The molecule has 5 heteroatoms. The first-order valence-electron chi connectivity index (χ1n) is 10.7. The van der Waals surface area contributed by atoms with E-state index >= 15 is 0 Å². The highest BCUT2D eigenvalue weighted by molar-refractivity contribution is 6.07. The molecule has 0 aliphatic carbocycles. The summed E-state index contributed by atoms with van der Waals surface area (Å²) in [6.07, 6.45) is 3.27. The molecule has 0 bridgehead atoms.